The van der Waals surface area contributed by atoms with Gasteiger partial charge in [-0.05, 0) is 48.9 Å². The van der Waals surface area contributed by atoms with Crippen molar-refractivity contribution < 1.29 is 110 Å². The largest absolute Gasteiger partial charge is 0.416 e. The smallest absolute Gasteiger partial charge is 0.194 e. The average Bonchev–Trinajstić information content (AvgIpc) is 3.37. The minimum atomic E-state index is -6.13. The summed E-state index contributed by atoms with van der Waals surface area (Å²) in [5.41, 5.74) is -23.6. The number of hydrogen-bond donors (Lipinski definition) is 0. The van der Waals surface area contributed by atoms with Gasteiger partial charge in [-0.25, -0.2) is 0 Å². The van der Waals surface area contributed by atoms with E-state index in [9.17, 15) is 105 Å². The van der Waals surface area contributed by atoms with Crippen LogP contribution in [0.5, 0.6) is 0 Å². The van der Waals surface area contributed by atoms with E-state index in [1.54, 1.807) is 0 Å². The molecule has 8 rings (SSSR count). The summed E-state index contributed by atoms with van der Waals surface area (Å²) in [6.45, 7) is 3.03. The first-order valence-electron chi connectivity index (χ1n) is 23.4. The van der Waals surface area contributed by atoms with Crippen molar-refractivity contribution in [1.29, 1.82) is 0 Å². The van der Waals surface area contributed by atoms with E-state index >= 15 is 0 Å². The Morgan fingerprint density at radius 1 is 0.305 bits per heavy atom. The second kappa shape index (κ2) is 21.9. The maximum Gasteiger partial charge on any atom is 0.416 e. The molecule has 8 aromatic rings. The van der Waals surface area contributed by atoms with Crippen LogP contribution in [-0.4, -0.2) is 6.15 Å². The monoisotopic (exact) mass is 1190 g/mol. The minimum Gasteiger partial charge on any atom is -0.194 e. The number of hydrogen-bond acceptors (Lipinski definition) is 0. The summed E-state index contributed by atoms with van der Waals surface area (Å²) in [6.07, 6.45) is -53.9. The van der Waals surface area contributed by atoms with Crippen molar-refractivity contribution in [3.63, 3.8) is 0 Å². The van der Waals surface area contributed by atoms with Gasteiger partial charge in [-0.2, -0.15) is 132 Å². The minimum absolute atomic E-state index is 0.691. The maximum atomic E-state index is 14.2. The van der Waals surface area contributed by atoms with Gasteiger partial charge >= 0.3 is 49.4 Å². The lowest BCUT2D eigenvalue weighted by Crippen LogP contribution is -2.75. The number of pyridine rings is 1. The second-order valence-electron chi connectivity index (χ2n) is 18.8. The molecule has 1 aromatic heterocycles. The molecule has 26 heteroatoms. The molecule has 0 bridgehead atoms. The van der Waals surface area contributed by atoms with Crippen molar-refractivity contribution in [1.82, 2.24) is 0 Å². The average molecular weight is 1190 g/mol. The van der Waals surface area contributed by atoms with Gasteiger partial charge in [0.2, 0.25) is 5.52 Å². The van der Waals surface area contributed by atoms with Crippen molar-refractivity contribution >= 4 is 38.9 Å². The van der Waals surface area contributed by atoms with Crippen LogP contribution in [-0.2, 0) is 62.4 Å². The molecule has 0 N–H and O–H groups in total. The molecule has 0 radical (unpaired) electrons. The summed E-state index contributed by atoms with van der Waals surface area (Å²) in [5.74, 6) is 0. The van der Waals surface area contributed by atoms with Gasteiger partial charge in [0.1, 0.15) is 6.15 Å². The Hall–Kier alpha value is -7.67. The first-order chi connectivity index (χ1) is 37.6. The highest BCUT2D eigenvalue weighted by atomic mass is 19.4. The Morgan fingerprint density at radius 2 is 0.598 bits per heavy atom. The van der Waals surface area contributed by atoms with E-state index in [-0.39, 0.29) is 0 Å². The van der Waals surface area contributed by atoms with Crippen LogP contribution in [0.15, 0.2) is 164 Å². The van der Waals surface area contributed by atoms with Crippen molar-refractivity contribution in [2.45, 2.75) is 69.3 Å². The van der Waals surface area contributed by atoms with Gasteiger partial charge in [0.05, 0.1) is 50.9 Å². The van der Waals surface area contributed by atoms with Crippen LogP contribution in [0, 0.1) is 6.92 Å². The molecule has 0 aliphatic heterocycles. The molecule has 1 heterocycles. The van der Waals surface area contributed by atoms with E-state index in [1.807, 2.05) is 0 Å². The van der Waals surface area contributed by atoms with Crippen molar-refractivity contribution in [2.24, 2.45) is 0 Å². The van der Waals surface area contributed by atoms with Gasteiger partial charge in [0, 0.05) is 23.1 Å². The Morgan fingerprint density at radius 3 is 0.902 bits per heavy atom. The van der Waals surface area contributed by atoms with Crippen molar-refractivity contribution in [2.75, 3.05) is 0 Å². The molecular weight excluding hydrogens is 1150 g/mol. The molecule has 0 unspecified atom stereocenters. The molecule has 0 fully saturated rings. The van der Waals surface area contributed by atoms with Crippen molar-refractivity contribution in [3.05, 3.63) is 231 Å². The van der Waals surface area contributed by atoms with Gasteiger partial charge in [0.25, 0.3) is 0 Å². The normalized spacial score (nSPS) is 13.3. The molecule has 0 spiro atoms. The summed E-state index contributed by atoms with van der Waals surface area (Å²) in [6, 6.07) is 23.9. The Kier molecular flexibility index (Phi) is 16.6. The number of aromatic nitrogens is 1. The lowest BCUT2D eigenvalue weighted by molar-refractivity contribution is -0.669. The molecule has 0 aliphatic carbocycles. The standard InChI is InChI=1S/C32H12BF24.C24H22N/c34-25(35,36)13-1-14(26(37,38)39)6-21(5-13)33(22-7-15(27(40,41)42)2-16(8-22)28(43,44)45,23-9-17(29(46,47)48)3-18(10-23)30(49,50)51)24-11-19(31(52,53)54)4-20(12-24)32(55,56)57;1-19-11-13-20(14-12-19)17-23-16-15-22-9-5-6-10-24(22)25(23)18-21-7-3-2-4-8-21/h1-12H;2-16H,17-18H2,1H3/q-1;+1. The predicted molar refractivity (Wildman–Crippen MR) is 254 cm³/mol. The Balaban J connectivity index is 0.000000318. The molecule has 0 amide bonds. The molecule has 0 atom stereocenters. The van der Waals surface area contributed by atoms with E-state index in [0.717, 1.165) is 13.0 Å². The molecule has 82 heavy (non-hydrogen) atoms. The van der Waals surface area contributed by atoms with E-state index in [2.05, 4.69) is 102 Å². The molecular formula is C56H34BF24N. The topological polar surface area (TPSA) is 3.88 Å². The highest BCUT2D eigenvalue weighted by Crippen LogP contribution is 2.41. The number of aryl methyl sites for hydroxylation is 1. The molecule has 0 saturated heterocycles. The number of para-hydroxylation sites is 1. The van der Waals surface area contributed by atoms with Crippen molar-refractivity contribution in [3.8, 4) is 0 Å². The van der Waals surface area contributed by atoms with E-state index in [4.69, 9.17) is 0 Å². The molecule has 0 aliphatic rings. The first-order valence-corrected chi connectivity index (χ1v) is 23.4. The Labute approximate surface area is 448 Å². The number of nitrogens with zero attached hydrogens (tertiary/aromatic N) is 1. The van der Waals surface area contributed by atoms with Crippen LogP contribution in [0.4, 0.5) is 105 Å². The summed E-state index contributed by atoms with van der Waals surface area (Å²) in [7, 11) is 0. The quantitative estimate of drug-likeness (QED) is 0.0811. The van der Waals surface area contributed by atoms with Crippen LogP contribution in [0.2, 0.25) is 0 Å². The van der Waals surface area contributed by atoms with Gasteiger partial charge < -0.3 is 0 Å². The number of rotatable bonds is 8. The van der Waals surface area contributed by atoms with Crippen LogP contribution in [0.25, 0.3) is 10.9 Å². The van der Waals surface area contributed by atoms with Crippen LogP contribution < -0.4 is 26.4 Å². The van der Waals surface area contributed by atoms with Crippen LogP contribution >= 0.6 is 0 Å². The second-order valence-corrected chi connectivity index (χ2v) is 18.8. The van der Waals surface area contributed by atoms with E-state index in [1.165, 1.54) is 33.3 Å². The molecule has 434 valence electrons. The predicted octanol–water partition coefficient (Wildman–Crippen LogP) is 16.3. The fraction of sp³-hybridized carbons (Fsp3) is 0.196. The van der Waals surface area contributed by atoms with Gasteiger partial charge in [0.15, 0.2) is 12.2 Å². The molecule has 1 nitrogen and oxygen atoms in total. The third-order valence-corrected chi connectivity index (χ3v) is 13.2. The van der Waals surface area contributed by atoms with E-state index < -0.39 is 195 Å². The lowest BCUT2D eigenvalue weighted by atomic mass is 9.12. The zero-order valence-corrected chi connectivity index (χ0v) is 41.1. The zero-order valence-electron chi connectivity index (χ0n) is 41.1. The van der Waals surface area contributed by atoms with Crippen LogP contribution in [0.1, 0.15) is 66.9 Å². The lowest BCUT2D eigenvalue weighted by Gasteiger charge is -2.46. The third-order valence-electron chi connectivity index (χ3n) is 13.2. The highest BCUT2D eigenvalue weighted by molar-refractivity contribution is 7.20. The summed E-state index contributed by atoms with van der Waals surface area (Å²) >= 11 is 0. The number of fused-ring (bicyclic) bond motifs is 1. The summed E-state index contributed by atoms with van der Waals surface area (Å²) in [5, 5.41) is 1.28. The SMILES string of the molecule is Cc1ccc(Cc2ccc3ccccc3[n+]2Cc2ccccc2)cc1.FC(F)(F)c1cc([B-](c2cc(C(F)(F)F)cc(C(F)(F)F)c2)(c2cc(C(F)(F)F)cc(C(F)(F)F)c2)c2cc(C(F)(F)F)cc(C(F)(F)F)c2)cc(C(F)(F)F)c1. The van der Waals surface area contributed by atoms with Gasteiger partial charge in [-0.1, -0.05) is 121 Å². The van der Waals surface area contributed by atoms with Crippen LogP contribution in [0.3, 0.4) is 0 Å². The molecule has 7 aromatic carbocycles. The number of halogens is 24. The fourth-order valence-electron chi connectivity index (χ4n) is 9.40. The summed E-state index contributed by atoms with van der Waals surface area (Å²) in [4.78, 5) is 0. The highest BCUT2D eigenvalue weighted by Gasteiger charge is 2.47. The van der Waals surface area contributed by atoms with E-state index in [0.29, 0.717) is 0 Å². The molecule has 0 saturated carbocycles. The maximum absolute atomic E-state index is 14.2. The third kappa shape index (κ3) is 14.0. The number of benzene rings is 7. The van der Waals surface area contributed by atoms with Gasteiger partial charge in [-0.3, -0.25) is 0 Å². The fourth-order valence-corrected chi connectivity index (χ4v) is 9.40. The van der Waals surface area contributed by atoms with Gasteiger partial charge in [-0.15, -0.1) is 0 Å². The number of alkyl halides is 24. The summed E-state index contributed by atoms with van der Waals surface area (Å²) < 4.78 is 343. The Bertz CT molecular complexity index is 3150. The zero-order chi connectivity index (χ0) is 61.0. The first kappa shape index (κ1) is 61.9.